The number of halogens is 1. The number of nitrogens with zero attached hydrogens (tertiary/aromatic N) is 5. The number of anilines is 2. The molecule has 0 spiro atoms. The van der Waals surface area contributed by atoms with E-state index in [9.17, 15) is 14.0 Å². The molecule has 2 aromatic heterocycles. The number of carbonyl (C=O) groups excluding carboxylic acids is 2. The molecule has 33 heavy (non-hydrogen) atoms. The number of aromatic nitrogens is 3. The second kappa shape index (κ2) is 8.57. The van der Waals surface area contributed by atoms with Crippen molar-refractivity contribution in [1.82, 2.24) is 24.8 Å². The van der Waals surface area contributed by atoms with Gasteiger partial charge in [0, 0.05) is 62.2 Å². The summed E-state index contributed by atoms with van der Waals surface area (Å²) in [5.74, 6) is 0.343. The van der Waals surface area contributed by atoms with E-state index in [0.717, 1.165) is 16.8 Å². The van der Waals surface area contributed by atoms with Crippen molar-refractivity contribution in [3.05, 3.63) is 65.9 Å². The van der Waals surface area contributed by atoms with E-state index < -0.39 is 0 Å². The van der Waals surface area contributed by atoms with E-state index in [0.29, 0.717) is 43.4 Å². The van der Waals surface area contributed by atoms with Crippen LogP contribution < -0.4 is 5.32 Å². The molecule has 1 fully saturated rings. The third-order valence-corrected chi connectivity index (χ3v) is 6.09. The molecule has 0 radical (unpaired) electrons. The summed E-state index contributed by atoms with van der Waals surface area (Å²) in [5.41, 5.74) is 3.03. The standard InChI is InChI=1S/C24H23FN6O2/c1-30-13-16(11-21(30)32)24(33)31-10-7-20-19(14-31)23(27-18-4-2-3-17(25)12-18)29-22(28-20)15-5-8-26-9-6-15/h2-6,8-9,12,16H,7,10-11,13-14H2,1H3,(H,27,28,29). The second-order valence-corrected chi connectivity index (χ2v) is 8.38. The van der Waals surface area contributed by atoms with Gasteiger partial charge < -0.3 is 15.1 Å². The van der Waals surface area contributed by atoms with Crippen molar-refractivity contribution in [3.8, 4) is 11.4 Å². The highest BCUT2D eigenvalue weighted by atomic mass is 19.1. The Morgan fingerprint density at radius 3 is 2.73 bits per heavy atom. The zero-order valence-electron chi connectivity index (χ0n) is 18.2. The van der Waals surface area contributed by atoms with Crippen LogP contribution in [0.4, 0.5) is 15.9 Å². The highest BCUT2D eigenvalue weighted by molar-refractivity contribution is 5.89. The van der Waals surface area contributed by atoms with Gasteiger partial charge in [-0.15, -0.1) is 0 Å². The van der Waals surface area contributed by atoms with E-state index in [2.05, 4.69) is 10.3 Å². The van der Waals surface area contributed by atoms with E-state index >= 15 is 0 Å². The highest BCUT2D eigenvalue weighted by Crippen LogP contribution is 2.31. The number of hydrogen-bond acceptors (Lipinski definition) is 6. The van der Waals surface area contributed by atoms with Gasteiger partial charge in [-0.25, -0.2) is 14.4 Å². The molecule has 0 saturated carbocycles. The van der Waals surface area contributed by atoms with E-state index in [1.807, 2.05) is 12.1 Å². The summed E-state index contributed by atoms with van der Waals surface area (Å²) in [5, 5.41) is 3.22. The average molecular weight is 446 g/mol. The normalized spacial score (nSPS) is 17.8. The molecule has 2 aliphatic rings. The predicted octanol–water partition coefficient (Wildman–Crippen LogP) is 2.78. The Hall–Kier alpha value is -3.88. The molecule has 1 saturated heterocycles. The van der Waals surface area contributed by atoms with Gasteiger partial charge in [0.05, 0.1) is 18.2 Å². The molecule has 168 valence electrons. The first kappa shape index (κ1) is 21.0. The zero-order valence-corrected chi connectivity index (χ0v) is 18.2. The minimum absolute atomic E-state index is 0.00968. The van der Waals surface area contributed by atoms with Crippen LogP contribution >= 0.6 is 0 Å². The fourth-order valence-corrected chi connectivity index (χ4v) is 4.33. The summed E-state index contributed by atoms with van der Waals surface area (Å²) in [6, 6.07) is 9.82. The van der Waals surface area contributed by atoms with E-state index in [1.54, 1.807) is 41.4 Å². The van der Waals surface area contributed by atoms with Crippen molar-refractivity contribution in [1.29, 1.82) is 0 Å². The lowest BCUT2D eigenvalue weighted by molar-refractivity contribution is -0.136. The summed E-state index contributed by atoms with van der Waals surface area (Å²) in [7, 11) is 1.72. The number of amides is 2. The van der Waals surface area contributed by atoms with Crippen LogP contribution in [0.5, 0.6) is 0 Å². The number of hydrogen-bond donors (Lipinski definition) is 1. The molecule has 2 amide bonds. The molecule has 1 unspecified atom stereocenters. The van der Waals surface area contributed by atoms with Gasteiger partial charge in [-0.3, -0.25) is 14.6 Å². The van der Waals surface area contributed by atoms with Gasteiger partial charge in [-0.05, 0) is 30.3 Å². The molecule has 1 atom stereocenters. The third-order valence-electron chi connectivity index (χ3n) is 6.09. The quantitative estimate of drug-likeness (QED) is 0.663. The van der Waals surface area contributed by atoms with Crippen molar-refractivity contribution in [2.75, 3.05) is 25.5 Å². The van der Waals surface area contributed by atoms with Gasteiger partial charge in [0.25, 0.3) is 0 Å². The minimum atomic E-state index is -0.357. The summed E-state index contributed by atoms with van der Waals surface area (Å²) < 4.78 is 13.8. The number of rotatable bonds is 4. The molecular weight excluding hydrogens is 423 g/mol. The predicted molar refractivity (Wildman–Crippen MR) is 120 cm³/mol. The first-order valence-corrected chi connectivity index (χ1v) is 10.8. The lowest BCUT2D eigenvalue weighted by Crippen LogP contribution is -2.41. The molecule has 0 aliphatic carbocycles. The topological polar surface area (TPSA) is 91.3 Å². The maximum absolute atomic E-state index is 13.8. The average Bonchev–Trinajstić information content (AvgIpc) is 3.17. The van der Waals surface area contributed by atoms with Crippen molar-refractivity contribution < 1.29 is 14.0 Å². The third kappa shape index (κ3) is 4.26. The van der Waals surface area contributed by atoms with Gasteiger partial charge in [0.15, 0.2) is 5.82 Å². The first-order chi connectivity index (χ1) is 16.0. The molecule has 2 aliphatic heterocycles. The van der Waals surface area contributed by atoms with Crippen LogP contribution in [0.1, 0.15) is 17.7 Å². The summed E-state index contributed by atoms with van der Waals surface area (Å²) in [6.45, 7) is 1.29. The molecule has 1 aromatic carbocycles. The maximum Gasteiger partial charge on any atom is 0.228 e. The second-order valence-electron chi connectivity index (χ2n) is 8.38. The molecule has 8 nitrogen and oxygen atoms in total. The van der Waals surface area contributed by atoms with Crippen molar-refractivity contribution in [2.24, 2.45) is 5.92 Å². The summed E-state index contributed by atoms with van der Waals surface area (Å²) >= 11 is 0. The largest absolute Gasteiger partial charge is 0.345 e. The Labute approximate surface area is 190 Å². The Morgan fingerprint density at radius 1 is 1.18 bits per heavy atom. The monoisotopic (exact) mass is 446 g/mol. The molecule has 3 aromatic rings. The van der Waals surface area contributed by atoms with E-state index in [1.165, 1.54) is 12.1 Å². The van der Waals surface area contributed by atoms with Crippen LogP contribution in [0.2, 0.25) is 0 Å². The van der Waals surface area contributed by atoms with Gasteiger partial charge in [0.1, 0.15) is 11.6 Å². The van der Waals surface area contributed by atoms with Crippen LogP contribution in [0.25, 0.3) is 11.4 Å². The van der Waals surface area contributed by atoms with Crippen LogP contribution in [-0.4, -0.2) is 56.7 Å². The lowest BCUT2D eigenvalue weighted by atomic mass is 10.0. The fraction of sp³-hybridized carbons (Fsp3) is 0.292. The molecular formula is C24H23FN6O2. The smallest absolute Gasteiger partial charge is 0.228 e. The number of pyridine rings is 1. The van der Waals surface area contributed by atoms with Crippen LogP contribution in [0.3, 0.4) is 0 Å². The zero-order chi connectivity index (χ0) is 22.9. The van der Waals surface area contributed by atoms with Crippen molar-refractivity contribution in [3.63, 3.8) is 0 Å². The van der Waals surface area contributed by atoms with Crippen LogP contribution in [-0.2, 0) is 22.6 Å². The van der Waals surface area contributed by atoms with Gasteiger partial charge in [-0.2, -0.15) is 0 Å². The van der Waals surface area contributed by atoms with Crippen LogP contribution in [0, 0.1) is 11.7 Å². The highest BCUT2D eigenvalue weighted by Gasteiger charge is 2.36. The molecule has 1 N–H and O–H groups in total. The van der Waals surface area contributed by atoms with Crippen molar-refractivity contribution in [2.45, 2.75) is 19.4 Å². The fourth-order valence-electron chi connectivity index (χ4n) is 4.33. The number of benzene rings is 1. The molecule has 4 heterocycles. The minimum Gasteiger partial charge on any atom is -0.345 e. The van der Waals surface area contributed by atoms with E-state index in [4.69, 9.17) is 9.97 Å². The number of fused-ring (bicyclic) bond motifs is 1. The Bertz CT molecular complexity index is 1220. The van der Waals surface area contributed by atoms with Crippen molar-refractivity contribution >= 4 is 23.3 Å². The van der Waals surface area contributed by atoms with Gasteiger partial charge >= 0.3 is 0 Å². The SMILES string of the molecule is CN1CC(C(=O)N2CCc3nc(-c4ccncc4)nc(Nc4cccc(F)c4)c3C2)CC1=O. The molecule has 0 bridgehead atoms. The first-order valence-electron chi connectivity index (χ1n) is 10.8. The Kier molecular flexibility index (Phi) is 5.45. The summed E-state index contributed by atoms with van der Waals surface area (Å²) in [4.78, 5) is 42.0. The summed E-state index contributed by atoms with van der Waals surface area (Å²) in [6.07, 6.45) is 4.16. The molecule has 5 rings (SSSR count). The number of nitrogens with one attached hydrogen (secondary N) is 1. The Balaban J connectivity index is 1.49. The maximum atomic E-state index is 13.8. The molecule has 9 heteroatoms. The van der Waals surface area contributed by atoms with Gasteiger partial charge in [-0.1, -0.05) is 6.07 Å². The van der Waals surface area contributed by atoms with Gasteiger partial charge in [0.2, 0.25) is 11.8 Å². The van der Waals surface area contributed by atoms with Crippen LogP contribution in [0.15, 0.2) is 48.8 Å². The number of carbonyl (C=O) groups is 2. The lowest BCUT2D eigenvalue weighted by Gasteiger charge is -2.31. The Morgan fingerprint density at radius 2 is 2.00 bits per heavy atom. The number of likely N-dealkylation sites (tertiary alicyclic amines) is 1. The van der Waals surface area contributed by atoms with E-state index in [-0.39, 0.29) is 30.0 Å².